The normalized spacial score (nSPS) is 10.9. The lowest BCUT2D eigenvalue weighted by molar-refractivity contribution is -0.131. The van der Waals surface area contributed by atoms with E-state index in [9.17, 15) is 9.59 Å². The van der Waals surface area contributed by atoms with Gasteiger partial charge in [0.2, 0.25) is 5.91 Å². The Hall–Kier alpha value is -2.18. The van der Waals surface area contributed by atoms with Crippen LogP contribution in [0.25, 0.3) is 11.0 Å². The third-order valence-corrected chi connectivity index (χ3v) is 4.71. The van der Waals surface area contributed by atoms with Crippen molar-refractivity contribution in [2.75, 3.05) is 7.05 Å². The van der Waals surface area contributed by atoms with Gasteiger partial charge in [-0.3, -0.25) is 14.2 Å². The molecule has 3 aromatic rings. The van der Waals surface area contributed by atoms with E-state index in [1.54, 1.807) is 24.1 Å². The second kappa shape index (κ2) is 6.52. The number of fused-ring (bicyclic) bond motifs is 1. The number of hydrogen-bond donors (Lipinski definition) is 0. The van der Waals surface area contributed by atoms with E-state index < -0.39 is 0 Å². The molecule has 118 valence electrons. The summed E-state index contributed by atoms with van der Waals surface area (Å²) in [6.45, 7) is 0.450. The Balaban J connectivity index is 1.82. The number of carbonyl (C=O) groups is 1. The Labute approximate surface area is 141 Å². The molecule has 0 aliphatic carbocycles. The average molecular weight is 348 g/mol. The monoisotopic (exact) mass is 347 g/mol. The predicted octanol–water partition coefficient (Wildman–Crippen LogP) is 2.77. The third-order valence-electron chi connectivity index (χ3n) is 3.49. The zero-order valence-electron chi connectivity index (χ0n) is 12.4. The van der Waals surface area contributed by atoms with Crippen molar-refractivity contribution in [2.24, 2.45) is 0 Å². The van der Waals surface area contributed by atoms with Crippen molar-refractivity contribution in [3.63, 3.8) is 0 Å². The molecule has 0 saturated carbocycles. The van der Waals surface area contributed by atoms with Gasteiger partial charge < -0.3 is 4.90 Å². The number of thiophene rings is 1. The first-order valence-electron chi connectivity index (χ1n) is 6.97. The highest BCUT2D eigenvalue weighted by Gasteiger charge is 2.14. The van der Waals surface area contributed by atoms with Crippen LogP contribution in [-0.2, 0) is 17.9 Å². The fraction of sp³-hybridized carbons (Fsp3) is 0.188. The molecule has 0 aliphatic heterocycles. The molecule has 0 saturated heterocycles. The van der Waals surface area contributed by atoms with Crippen molar-refractivity contribution >= 4 is 39.9 Å². The Bertz CT molecular complexity index is 919. The second-order valence-corrected chi connectivity index (χ2v) is 6.93. The maximum atomic E-state index is 12.4. The van der Waals surface area contributed by atoms with Crippen molar-refractivity contribution in [3.05, 3.63) is 62.2 Å². The molecular weight excluding hydrogens is 334 g/mol. The van der Waals surface area contributed by atoms with E-state index in [4.69, 9.17) is 11.6 Å². The number of amides is 1. The van der Waals surface area contributed by atoms with E-state index in [0.29, 0.717) is 21.9 Å². The van der Waals surface area contributed by atoms with Crippen LogP contribution in [-0.4, -0.2) is 27.4 Å². The minimum Gasteiger partial charge on any atom is -0.339 e. The molecule has 0 fully saturated rings. The second-order valence-electron chi connectivity index (χ2n) is 5.13. The van der Waals surface area contributed by atoms with Crippen LogP contribution in [0, 0.1) is 0 Å². The van der Waals surface area contributed by atoms with Gasteiger partial charge in [-0.25, -0.2) is 4.98 Å². The van der Waals surface area contributed by atoms with Crippen LogP contribution in [0.5, 0.6) is 0 Å². The van der Waals surface area contributed by atoms with E-state index in [2.05, 4.69) is 4.98 Å². The molecule has 23 heavy (non-hydrogen) atoms. The van der Waals surface area contributed by atoms with E-state index in [1.807, 2.05) is 24.3 Å². The summed E-state index contributed by atoms with van der Waals surface area (Å²) in [5.41, 5.74) is 1.05. The number of para-hydroxylation sites is 2. The smallest absolute Gasteiger partial charge is 0.269 e. The summed E-state index contributed by atoms with van der Waals surface area (Å²) >= 11 is 7.34. The predicted molar refractivity (Wildman–Crippen MR) is 91.8 cm³/mol. The number of hydrogen-bond acceptors (Lipinski definition) is 4. The van der Waals surface area contributed by atoms with Gasteiger partial charge in [-0.1, -0.05) is 23.7 Å². The lowest BCUT2D eigenvalue weighted by Crippen LogP contribution is -2.33. The molecule has 0 atom stereocenters. The molecule has 0 unspecified atom stereocenters. The molecule has 0 spiro atoms. The van der Waals surface area contributed by atoms with Gasteiger partial charge in [0.05, 0.1) is 28.1 Å². The fourth-order valence-corrected chi connectivity index (χ4v) is 3.43. The highest BCUT2D eigenvalue weighted by molar-refractivity contribution is 7.16. The highest BCUT2D eigenvalue weighted by Crippen LogP contribution is 2.22. The van der Waals surface area contributed by atoms with Gasteiger partial charge in [0, 0.05) is 11.9 Å². The molecule has 1 amide bonds. The largest absolute Gasteiger partial charge is 0.339 e. The van der Waals surface area contributed by atoms with Crippen molar-refractivity contribution < 1.29 is 4.79 Å². The zero-order chi connectivity index (χ0) is 16.4. The van der Waals surface area contributed by atoms with Crippen LogP contribution in [0.3, 0.4) is 0 Å². The first-order valence-corrected chi connectivity index (χ1v) is 8.17. The highest BCUT2D eigenvalue weighted by atomic mass is 35.5. The van der Waals surface area contributed by atoms with Crippen LogP contribution in [0.4, 0.5) is 0 Å². The van der Waals surface area contributed by atoms with E-state index in [0.717, 1.165) is 4.88 Å². The summed E-state index contributed by atoms with van der Waals surface area (Å²) in [4.78, 5) is 31.2. The van der Waals surface area contributed by atoms with Crippen LogP contribution in [0.2, 0.25) is 4.34 Å². The number of likely N-dealkylation sites (N-methyl/N-ethyl adjacent to an activating group) is 1. The van der Waals surface area contributed by atoms with E-state index in [-0.39, 0.29) is 18.0 Å². The summed E-state index contributed by atoms with van der Waals surface area (Å²) in [6, 6.07) is 11.0. The maximum absolute atomic E-state index is 12.4. The topological polar surface area (TPSA) is 55.2 Å². The van der Waals surface area contributed by atoms with Gasteiger partial charge in [0.1, 0.15) is 6.54 Å². The Morgan fingerprint density at radius 2 is 2.09 bits per heavy atom. The molecule has 2 heterocycles. The first-order chi connectivity index (χ1) is 11.0. The number of nitrogens with zero attached hydrogens (tertiary/aromatic N) is 3. The molecule has 0 aliphatic rings. The first kappa shape index (κ1) is 15.7. The molecule has 7 heteroatoms. The van der Waals surface area contributed by atoms with Crippen molar-refractivity contribution in [3.8, 4) is 0 Å². The number of aromatic nitrogens is 2. The van der Waals surface area contributed by atoms with Crippen LogP contribution >= 0.6 is 22.9 Å². The standard InChI is InChI=1S/C16H14ClN3O2S/c1-19(9-11-6-7-14(17)23-11)16(22)10-20-13-5-3-2-4-12(13)18-8-15(20)21/h2-8H,9-10H2,1H3. The zero-order valence-corrected chi connectivity index (χ0v) is 14.0. The van der Waals surface area contributed by atoms with Gasteiger partial charge in [0.25, 0.3) is 5.56 Å². The minimum absolute atomic E-state index is 0.0164. The number of benzene rings is 1. The summed E-state index contributed by atoms with van der Waals surface area (Å²) in [5, 5.41) is 0. The van der Waals surface area contributed by atoms with Crippen molar-refractivity contribution in [1.29, 1.82) is 0 Å². The Kier molecular flexibility index (Phi) is 4.45. The lowest BCUT2D eigenvalue weighted by atomic mass is 10.3. The maximum Gasteiger partial charge on any atom is 0.269 e. The van der Waals surface area contributed by atoms with Gasteiger partial charge in [-0.15, -0.1) is 11.3 Å². The van der Waals surface area contributed by atoms with E-state index >= 15 is 0 Å². The van der Waals surface area contributed by atoms with Gasteiger partial charge in [0.15, 0.2) is 0 Å². The molecule has 3 rings (SSSR count). The van der Waals surface area contributed by atoms with Crippen molar-refractivity contribution in [1.82, 2.24) is 14.5 Å². The van der Waals surface area contributed by atoms with Crippen LogP contribution < -0.4 is 5.56 Å². The molecule has 2 aromatic heterocycles. The molecule has 0 N–H and O–H groups in total. The fourth-order valence-electron chi connectivity index (χ4n) is 2.29. The molecule has 5 nitrogen and oxygen atoms in total. The van der Waals surface area contributed by atoms with Gasteiger partial charge >= 0.3 is 0 Å². The average Bonchev–Trinajstić information content (AvgIpc) is 2.95. The summed E-state index contributed by atoms with van der Waals surface area (Å²) in [5.74, 6) is -0.145. The van der Waals surface area contributed by atoms with Crippen LogP contribution in [0.15, 0.2) is 47.4 Å². The number of halogens is 1. The van der Waals surface area contributed by atoms with Gasteiger partial charge in [-0.05, 0) is 24.3 Å². The molecule has 0 radical (unpaired) electrons. The summed E-state index contributed by atoms with van der Waals surface area (Å²) in [7, 11) is 1.71. The van der Waals surface area contributed by atoms with Gasteiger partial charge in [-0.2, -0.15) is 0 Å². The lowest BCUT2D eigenvalue weighted by Gasteiger charge is -2.17. The summed E-state index contributed by atoms with van der Waals surface area (Å²) < 4.78 is 2.14. The number of rotatable bonds is 4. The summed E-state index contributed by atoms with van der Waals surface area (Å²) in [6.07, 6.45) is 1.24. The molecule has 0 bridgehead atoms. The molecular formula is C16H14ClN3O2S. The quantitative estimate of drug-likeness (QED) is 0.729. The Morgan fingerprint density at radius 1 is 1.30 bits per heavy atom. The number of carbonyl (C=O) groups excluding carboxylic acids is 1. The third kappa shape index (κ3) is 3.43. The Morgan fingerprint density at radius 3 is 2.83 bits per heavy atom. The SMILES string of the molecule is CN(Cc1ccc(Cl)s1)C(=O)Cn1c(=O)cnc2ccccc21. The minimum atomic E-state index is -0.287. The van der Waals surface area contributed by atoms with Crippen LogP contribution in [0.1, 0.15) is 4.88 Å². The van der Waals surface area contributed by atoms with E-state index in [1.165, 1.54) is 22.1 Å². The molecule has 1 aromatic carbocycles. The van der Waals surface area contributed by atoms with Crippen molar-refractivity contribution in [2.45, 2.75) is 13.1 Å².